The van der Waals surface area contributed by atoms with Crippen molar-refractivity contribution < 1.29 is 14.0 Å². The van der Waals surface area contributed by atoms with E-state index in [0.717, 1.165) is 16.4 Å². The zero-order valence-corrected chi connectivity index (χ0v) is 8.89. The molecule has 0 aliphatic rings. The van der Waals surface area contributed by atoms with Gasteiger partial charge < -0.3 is 0 Å². The second kappa shape index (κ2) is 5.06. The molecule has 13 heavy (non-hydrogen) atoms. The van der Waals surface area contributed by atoms with Gasteiger partial charge in [-0.05, 0) is 0 Å². The largest absolute Gasteiger partial charge is 0.411 e. The van der Waals surface area contributed by atoms with E-state index in [1.807, 2.05) is 0 Å². The number of hydrogen-bond acceptors (Lipinski definition) is 3. The smallest absolute Gasteiger partial charge is 0.274 e. The van der Waals surface area contributed by atoms with Gasteiger partial charge in [-0.3, -0.25) is 9.10 Å². The Morgan fingerprint density at radius 2 is 1.69 bits per heavy atom. The van der Waals surface area contributed by atoms with Gasteiger partial charge in [0.15, 0.2) is 0 Å². The first-order valence-electron chi connectivity index (χ1n) is 3.75. The molecule has 2 amide bonds. The topological polar surface area (TPSA) is 40.6 Å². The highest BCUT2D eigenvalue weighted by Gasteiger charge is 2.17. The van der Waals surface area contributed by atoms with Crippen molar-refractivity contribution in [2.24, 2.45) is 5.92 Å². The molecule has 0 rings (SSSR count). The molecule has 0 saturated heterocycles. The molecular weight excluding hydrogens is 195 g/mol. The van der Waals surface area contributed by atoms with E-state index in [2.05, 4.69) is 0 Å². The standard InChI is InChI=1S/C7H13FN2O2S/c1-5(2)6(11)9(3)13-10(4)7(8)12/h5H,1-4H3. The zero-order valence-electron chi connectivity index (χ0n) is 8.07. The summed E-state index contributed by atoms with van der Waals surface area (Å²) in [5.74, 6) is -0.321. The summed E-state index contributed by atoms with van der Waals surface area (Å²) < 4.78 is 14.0. The molecule has 0 saturated carbocycles. The Kier molecular flexibility index (Phi) is 4.76. The number of carbonyl (C=O) groups is 2. The summed E-state index contributed by atoms with van der Waals surface area (Å²) >= 11 is 0.737. The van der Waals surface area contributed by atoms with Crippen LogP contribution in [0.4, 0.5) is 9.18 Å². The van der Waals surface area contributed by atoms with Crippen LogP contribution in [0.25, 0.3) is 0 Å². The van der Waals surface area contributed by atoms with Gasteiger partial charge in [-0.15, -0.1) is 4.39 Å². The molecule has 0 unspecified atom stereocenters. The molecule has 0 bridgehead atoms. The van der Waals surface area contributed by atoms with Crippen molar-refractivity contribution in [2.75, 3.05) is 14.1 Å². The van der Waals surface area contributed by atoms with E-state index < -0.39 is 6.16 Å². The Morgan fingerprint density at radius 3 is 2.00 bits per heavy atom. The Morgan fingerprint density at radius 1 is 1.23 bits per heavy atom. The Hall–Kier alpha value is -0.780. The first-order chi connectivity index (χ1) is 5.86. The van der Waals surface area contributed by atoms with E-state index in [0.29, 0.717) is 0 Å². The monoisotopic (exact) mass is 208 g/mol. The van der Waals surface area contributed by atoms with Crippen LogP contribution in [0.5, 0.6) is 0 Å². The fourth-order valence-electron chi connectivity index (χ4n) is 0.620. The molecule has 0 aliphatic carbocycles. The van der Waals surface area contributed by atoms with Crippen molar-refractivity contribution in [1.82, 2.24) is 8.61 Å². The van der Waals surface area contributed by atoms with Gasteiger partial charge in [0.2, 0.25) is 5.91 Å². The van der Waals surface area contributed by atoms with Gasteiger partial charge in [0, 0.05) is 20.0 Å². The van der Waals surface area contributed by atoms with Crippen molar-refractivity contribution in [2.45, 2.75) is 13.8 Å². The van der Waals surface area contributed by atoms with Crippen LogP contribution in [0.15, 0.2) is 0 Å². The maximum absolute atomic E-state index is 12.0. The summed E-state index contributed by atoms with van der Waals surface area (Å²) in [5.41, 5.74) is 0. The molecule has 0 heterocycles. The average Bonchev–Trinajstić information content (AvgIpc) is 2.02. The fraction of sp³-hybridized carbons (Fsp3) is 0.714. The van der Waals surface area contributed by atoms with Gasteiger partial charge in [-0.2, -0.15) is 0 Å². The summed E-state index contributed by atoms with van der Waals surface area (Å²) in [6.45, 7) is 3.47. The molecule has 0 fully saturated rings. The van der Waals surface area contributed by atoms with Crippen molar-refractivity contribution >= 4 is 24.2 Å². The quantitative estimate of drug-likeness (QED) is 0.402. The van der Waals surface area contributed by atoms with Gasteiger partial charge in [0.05, 0.1) is 12.1 Å². The van der Waals surface area contributed by atoms with Crippen LogP contribution in [0.1, 0.15) is 13.8 Å². The first kappa shape index (κ1) is 12.2. The highest BCUT2D eigenvalue weighted by Crippen LogP contribution is 2.15. The predicted octanol–water partition coefficient (Wildman–Crippen LogP) is 1.69. The van der Waals surface area contributed by atoms with Crippen molar-refractivity contribution in [3.05, 3.63) is 0 Å². The van der Waals surface area contributed by atoms with E-state index in [9.17, 15) is 14.0 Å². The molecule has 0 aliphatic heterocycles. The van der Waals surface area contributed by atoms with E-state index in [1.54, 1.807) is 13.8 Å². The minimum atomic E-state index is -1.58. The normalized spacial score (nSPS) is 10.0. The second-order valence-corrected chi connectivity index (χ2v) is 4.08. The van der Waals surface area contributed by atoms with Crippen molar-refractivity contribution in [1.29, 1.82) is 0 Å². The SMILES string of the molecule is CC(C)C(=O)N(C)SN(C)C(=O)F. The number of hydrogen-bond donors (Lipinski definition) is 0. The summed E-state index contributed by atoms with van der Waals surface area (Å²) in [4.78, 5) is 21.4. The summed E-state index contributed by atoms with van der Waals surface area (Å²) in [7, 11) is 2.75. The van der Waals surface area contributed by atoms with E-state index in [1.165, 1.54) is 18.4 Å². The third-order valence-electron chi connectivity index (χ3n) is 1.30. The summed E-state index contributed by atoms with van der Waals surface area (Å²) in [6.07, 6.45) is -1.58. The minimum Gasteiger partial charge on any atom is -0.274 e. The number of carbonyl (C=O) groups excluding carboxylic acids is 2. The summed E-state index contributed by atoms with van der Waals surface area (Å²) in [5, 5.41) is 0. The van der Waals surface area contributed by atoms with Crippen molar-refractivity contribution in [3.8, 4) is 0 Å². The molecule has 6 heteroatoms. The molecular formula is C7H13FN2O2S. The molecule has 0 N–H and O–H groups in total. The first-order valence-corrected chi connectivity index (χ1v) is 4.48. The van der Waals surface area contributed by atoms with Gasteiger partial charge in [0.1, 0.15) is 0 Å². The van der Waals surface area contributed by atoms with Crippen LogP contribution in [-0.4, -0.2) is 34.8 Å². The third kappa shape index (κ3) is 4.12. The molecule has 0 radical (unpaired) electrons. The van der Waals surface area contributed by atoms with Crippen LogP contribution >= 0.6 is 12.1 Å². The molecule has 0 aromatic heterocycles. The maximum atomic E-state index is 12.0. The molecule has 76 valence electrons. The minimum absolute atomic E-state index is 0.155. The van der Waals surface area contributed by atoms with Gasteiger partial charge in [-0.1, -0.05) is 13.8 Å². The zero-order chi connectivity index (χ0) is 10.6. The molecule has 0 spiro atoms. The molecule has 4 nitrogen and oxygen atoms in total. The second-order valence-electron chi connectivity index (χ2n) is 2.82. The van der Waals surface area contributed by atoms with E-state index in [-0.39, 0.29) is 11.8 Å². The molecule has 0 aromatic carbocycles. The van der Waals surface area contributed by atoms with Crippen LogP contribution in [0, 0.1) is 5.92 Å². The Bertz CT molecular complexity index is 211. The lowest BCUT2D eigenvalue weighted by Gasteiger charge is -2.21. The molecule has 0 atom stereocenters. The van der Waals surface area contributed by atoms with Crippen LogP contribution in [0.2, 0.25) is 0 Å². The number of halogens is 1. The van der Waals surface area contributed by atoms with E-state index >= 15 is 0 Å². The Labute approximate surface area is 81.3 Å². The lowest BCUT2D eigenvalue weighted by Crippen LogP contribution is -2.29. The van der Waals surface area contributed by atoms with Gasteiger partial charge >= 0.3 is 6.16 Å². The maximum Gasteiger partial charge on any atom is 0.411 e. The highest BCUT2D eigenvalue weighted by molar-refractivity contribution is 7.95. The Balaban J connectivity index is 4.07. The summed E-state index contributed by atoms with van der Waals surface area (Å²) in [6, 6.07) is 0. The number of amides is 2. The van der Waals surface area contributed by atoms with Gasteiger partial charge in [0.25, 0.3) is 0 Å². The number of nitrogens with zero attached hydrogens (tertiary/aromatic N) is 2. The van der Waals surface area contributed by atoms with Crippen LogP contribution in [-0.2, 0) is 4.79 Å². The predicted molar refractivity (Wildman–Crippen MR) is 49.5 cm³/mol. The lowest BCUT2D eigenvalue weighted by molar-refractivity contribution is -0.128. The number of rotatable bonds is 3. The average molecular weight is 208 g/mol. The third-order valence-corrected chi connectivity index (χ3v) is 2.11. The van der Waals surface area contributed by atoms with E-state index in [4.69, 9.17) is 0 Å². The lowest BCUT2D eigenvalue weighted by atomic mass is 10.2. The fourth-order valence-corrected chi connectivity index (χ4v) is 1.34. The van der Waals surface area contributed by atoms with Crippen molar-refractivity contribution in [3.63, 3.8) is 0 Å². The van der Waals surface area contributed by atoms with Crippen LogP contribution in [0.3, 0.4) is 0 Å². The van der Waals surface area contributed by atoms with Gasteiger partial charge in [-0.25, -0.2) is 9.10 Å². The van der Waals surface area contributed by atoms with Crippen LogP contribution < -0.4 is 0 Å². The highest BCUT2D eigenvalue weighted by atomic mass is 32.2. The molecule has 0 aromatic rings.